The molecule has 4 aromatic rings. The SMILES string of the molecule is C=C(Cc1nn(-c2ccccc2)c2c1[C@H](c1ccc(F)cc1)[C@H](NC(=O)c1cccc(C(F)(F)F)c1)C(=O)N2CC)C(=O)OC(C)(C)C. The van der Waals surface area contributed by atoms with Crippen molar-refractivity contribution in [3.05, 3.63) is 125 Å². The fourth-order valence-corrected chi connectivity index (χ4v) is 5.67. The van der Waals surface area contributed by atoms with Gasteiger partial charge in [-0.1, -0.05) is 43.0 Å². The first-order valence-corrected chi connectivity index (χ1v) is 15.2. The molecule has 12 heteroatoms. The Morgan fingerprint density at radius 2 is 1.65 bits per heavy atom. The fraction of sp³-hybridized carbons (Fsp3) is 0.278. The maximum absolute atomic E-state index is 14.4. The quantitative estimate of drug-likeness (QED) is 0.128. The van der Waals surface area contributed by atoms with Crippen molar-refractivity contribution < 1.29 is 36.7 Å². The average Bonchev–Trinajstić information content (AvgIpc) is 3.39. The molecule has 48 heavy (non-hydrogen) atoms. The molecule has 8 nitrogen and oxygen atoms in total. The number of nitrogens with zero attached hydrogens (tertiary/aromatic N) is 3. The summed E-state index contributed by atoms with van der Waals surface area (Å²) >= 11 is 0. The van der Waals surface area contributed by atoms with E-state index in [0.717, 1.165) is 12.1 Å². The molecule has 2 heterocycles. The highest BCUT2D eigenvalue weighted by Gasteiger charge is 2.46. The summed E-state index contributed by atoms with van der Waals surface area (Å²) in [5, 5.41) is 7.53. The number of carbonyl (C=O) groups excluding carboxylic acids is 3. The Hall–Kier alpha value is -5.26. The van der Waals surface area contributed by atoms with E-state index < -0.39 is 52.9 Å². The van der Waals surface area contributed by atoms with E-state index >= 15 is 0 Å². The van der Waals surface area contributed by atoms with Crippen molar-refractivity contribution in [2.24, 2.45) is 0 Å². The number of esters is 1. The number of benzene rings is 3. The molecule has 5 rings (SSSR count). The molecule has 0 radical (unpaired) electrons. The lowest BCUT2D eigenvalue weighted by molar-refractivity contribution is -0.150. The van der Waals surface area contributed by atoms with Crippen molar-refractivity contribution in [2.75, 3.05) is 11.4 Å². The number of halogens is 4. The molecule has 1 aliphatic rings. The van der Waals surface area contributed by atoms with Gasteiger partial charge < -0.3 is 10.1 Å². The van der Waals surface area contributed by atoms with E-state index in [0.29, 0.717) is 34.4 Å². The maximum Gasteiger partial charge on any atom is 0.416 e. The lowest BCUT2D eigenvalue weighted by Crippen LogP contribution is -2.55. The van der Waals surface area contributed by atoms with Crippen LogP contribution in [0.1, 0.15) is 66.4 Å². The van der Waals surface area contributed by atoms with Crippen LogP contribution in [-0.4, -0.2) is 45.8 Å². The molecule has 250 valence electrons. The number of rotatable bonds is 8. The molecule has 1 aliphatic heterocycles. The first kappa shape index (κ1) is 34.1. The van der Waals surface area contributed by atoms with Crippen LogP contribution in [0.15, 0.2) is 91.0 Å². The first-order chi connectivity index (χ1) is 22.6. The van der Waals surface area contributed by atoms with Crippen molar-refractivity contribution in [1.82, 2.24) is 15.1 Å². The zero-order valence-corrected chi connectivity index (χ0v) is 26.8. The Morgan fingerprint density at radius 3 is 2.25 bits per heavy atom. The van der Waals surface area contributed by atoms with E-state index in [1.807, 2.05) is 6.07 Å². The molecular weight excluding hydrogens is 628 g/mol. The fourth-order valence-electron chi connectivity index (χ4n) is 5.67. The van der Waals surface area contributed by atoms with Gasteiger partial charge in [-0.05, 0) is 75.7 Å². The number of likely N-dealkylation sites (N-methyl/N-ethyl adjacent to an activating group) is 1. The number of para-hydroxylation sites is 1. The molecular formula is C36H34F4N4O4. The van der Waals surface area contributed by atoms with Gasteiger partial charge in [-0.15, -0.1) is 0 Å². The van der Waals surface area contributed by atoms with Gasteiger partial charge in [0.25, 0.3) is 11.8 Å². The van der Waals surface area contributed by atoms with Crippen molar-refractivity contribution in [3.63, 3.8) is 0 Å². The van der Waals surface area contributed by atoms with Crippen molar-refractivity contribution in [3.8, 4) is 5.69 Å². The number of fused-ring (bicyclic) bond motifs is 1. The lowest BCUT2D eigenvalue weighted by atomic mass is 9.80. The number of hydrogen-bond donors (Lipinski definition) is 1. The first-order valence-electron chi connectivity index (χ1n) is 15.2. The zero-order chi connectivity index (χ0) is 35.0. The van der Waals surface area contributed by atoms with Crippen molar-refractivity contribution >= 4 is 23.6 Å². The minimum absolute atomic E-state index is 0.0767. The number of alkyl halides is 3. The molecule has 2 amide bonds. The molecule has 0 saturated carbocycles. The van der Waals surface area contributed by atoms with Crippen molar-refractivity contribution in [1.29, 1.82) is 0 Å². The summed E-state index contributed by atoms with van der Waals surface area (Å²) in [6.07, 6.45) is -4.80. The lowest BCUT2D eigenvalue weighted by Gasteiger charge is -2.38. The molecule has 1 aromatic heterocycles. The van der Waals surface area contributed by atoms with Gasteiger partial charge in [-0.25, -0.2) is 13.9 Å². The number of hydrogen-bond acceptors (Lipinski definition) is 5. The van der Waals surface area contributed by atoms with Gasteiger partial charge in [0.15, 0.2) is 0 Å². The Balaban J connectivity index is 1.70. The van der Waals surface area contributed by atoms with Gasteiger partial charge >= 0.3 is 12.1 Å². The highest BCUT2D eigenvalue weighted by Crippen LogP contribution is 2.44. The number of ether oxygens (including phenoxy) is 1. The predicted molar refractivity (Wildman–Crippen MR) is 171 cm³/mol. The Labute approximate surface area is 275 Å². The van der Waals surface area contributed by atoms with Gasteiger partial charge in [0, 0.05) is 35.6 Å². The second kappa shape index (κ2) is 13.1. The average molecular weight is 663 g/mol. The van der Waals surface area contributed by atoms with Crippen LogP contribution >= 0.6 is 0 Å². The van der Waals surface area contributed by atoms with Crippen LogP contribution in [0.3, 0.4) is 0 Å². The highest BCUT2D eigenvalue weighted by molar-refractivity contribution is 6.05. The van der Waals surface area contributed by atoms with E-state index in [1.165, 1.54) is 35.2 Å². The second-order valence-electron chi connectivity index (χ2n) is 12.4. The summed E-state index contributed by atoms with van der Waals surface area (Å²) in [4.78, 5) is 42.4. The molecule has 0 spiro atoms. The zero-order valence-electron chi connectivity index (χ0n) is 26.8. The largest absolute Gasteiger partial charge is 0.457 e. The Kier molecular flexibility index (Phi) is 9.30. The topological polar surface area (TPSA) is 93.5 Å². The Morgan fingerprint density at radius 1 is 0.979 bits per heavy atom. The van der Waals surface area contributed by atoms with Gasteiger partial charge in [-0.2, -0.15) is 18.3 Å². The molecule has 3 aromatic carbocycles. The maximum atomic E-state index is 14.4. The van der Waals surface area contributed by atoms with Crippen LogP contribution in [0.25, 0.3) is 5.69 Å². The summed E-state index contributed by atoms with van der Waals surface area (Å²) in [5.41, 5.74) is -0.245. The van der Waals surface area contributed by atoms with Crippen LogP contribution in [0.2, 0.25) is 0 Å². The molecule has 2 atom stereocenters. The minimum Gasteiger partial charge on any atom is -0.457 e. The molecule has 0 saturated heterocycles. The predicted octanol–water partition coefficient (Wildman–Crippen LogP) is 6.77. The smallest absolute Gasteiger partial charge is 0.416 e. The standard InChI is InChI=1S/C36H34F4N4O4/c1-6-43-32-29(27(19-21(2)34(47)48-35(3,4)5)42-44(32)26-13-8-7-9-14-26)28(22-15-17-25(37)18-16-22)30(33(43)46)41-31(45)23-11-10-12-24(20-23)36(38,39)40/h7-18,20,28,30H,2,6,19H2,1,3-5H3,(H,41,45)/t28-,30-/m0/s1. The minimum atomic E-state index is -4.70. The number of aromatic nitrogens is 2. The van der Waals surface area contributed by atoms with Crippen LogP contribution in [0.5, 0.6) is 0 Å². The van der Waals surface area contributed by atoms with Crippen LogP contribution in [0.4, 0.5) is 23.4 Å². The number of anilines is 1. The van der Waals surface area contributed by atoms with Crippen molar-refractivity contribution in [2.45, 2.75) is 57.9 Å². The summed E-state index contributed by atoms with van der Waals surface area (Å²) in [6, 6.07) is 16.8. The second-order valence-corrected chi connectivity index (χ2v) is 12.4. The number of carbonyl (C=O) groups is 3. The molecule has 0 unspecified atom stereocenters. The van der Waals surface area contributed by atoms with Gasteiger partial charge in [-0.3, -0.25) is 14.5 Å². The third-order valence-corrected chi connectivity index (χ3v) is 7.76. The van der Waals surface area contributed by atoms with Gasteiger partial charge in [0.2, 0.25) is 0 Å². The summed E-state index contributed by atoms with van der Waals surface area (Å²) < 4.78 is 61.8. The van der Waals surface area contributed by atoms with Crippen LogP contribution in [-0.2, 0) is 26.9 Å². The van der Waals surface area contributed by atoms with Crippen LogP contribution < -0.4 is 10.2 Å². The van der Waals surface area contributed by atoms with E-state index in [1.54, 1.807) is 56.6 Å². The molecule has 1 N–H and O–H groups in total. The Bertz CT molecular complexity index is 1860. The summed E-state index contributed by atoms with van der Waals surface area (Å²) in [6.45, 7) is 11.0. The third kappa shape index (κ3) is 7.02. The highest BCUT2D eigenvalue weighted by atomic mass is 19.4. The van der Waals surface area contributed by atoms with E-state index in [2.05, 4.69) is 11.9 Å². The monoisotopic (exact) mass is 662 g/mol. The summed E-state index contributed by atoms with van der Waals surface area (Å²) in [7, 11) is 0. The van der Waals surface area contributed by atoms with Gasteiger partial charge in [0.1, 0.15) is 23.3 Å². The normalized spacial score (nSPS) is 16.3. The van der Waals surface area contributed by atoms with E-state index in [-0.39, 0.29) is 24.1 Å². The number of nitrogens with one attached hydrogen (secondary N) is 1. The summed E-state index contributed by atoms with van der Waals surface area (Å²) in [5.74, 6) is -3.31. The van der Waals surface area contributed by atoms with E-state index in [4.69, 9.17) is 9.84 Å². The molecule has 0 bridgehead atoms. The number of amides is 2. The molecule has 0 aliphatic carbocycles. The molecule has 0 fully saturated rings. The van der Waals surface area contributed by atoms with Crippen LogP contribution in [0, 0.1) is 5.82 Å². The third-order valence-electron chi connectivity index (χ3n) is 7.76. The van der Waals surface area contributed by atoms with E-state index in [9.17, 15) is 31.9 Å². The van der Waals surface area contributed by atoms with Gasteiger partial charge in [0.05, 0.1) is 16.9 Å².